The van der Waals surface area contributed by atoms with Crippen LogP contribution < -0.4 is 10.5 Å². The van der Waals surface area contributed by atoms with Crippen LogP contribution in [0.5, 0.6) is 5.75 Å². The number of hydrogen-bond acceptors (Lipinski definition) is 4. The highest BCUT2D eigenvalue weighted by atomic mass is 16.5. The first kappa shape index (κ1) is 12.4. The summed E-state index contributed by atoms with van der Waals surface area (Å²) in [5, 5.41) is 0. The number of anilines is 1. The molecule has 4 heteroatoms. The first-order chi connectivity index (χ1) is 8.67. The molecule has 4 nitrogen and oxygen atoms in total. The van der Waals surface area contributed by atoms with Gasteiger partial charge in [-0.15, -0.1) is 0 Å². The predicted molar refractivity (Wildman–Crippen MR) is 72.5 cm³/mol. The third-order valence-electron chi connectivity index (χ3n) is 3.01. The lowest BCUT2D eigenvalue weighted by atomic mass is 10.00. The molecule has 0 saturated heterocycles. The molecule has 0 radical (unpaired) electrons. The summed E-state index contributed by atoms with van der Waals surface area (Å²) in [4.78, 5) is 8.26. The van der Waals surface area contributed by atoms with E-state index < -0.39 is 0 Å². The summed E-state index contributed by atoms with van der Waals surface area (Å²) in [5.41, 5.74) is 9.85. The van der Waals surface area contributed by atoms with E-state index in [-0.39, 0.29) is 0 Å². The Morgan fingerprint density at radius 3 is 2.67 bits per heavy atom. The molecule has 0 bridgehead atoms. The number of methoxy groups -OCH3 is 1. The zero-order valence-electron chi connectivity index (χ0n) is 10.9. The van der Waals surface area contributed by atoms with Crippen LogP contribution in [0.4, 0.5) is 5.82 Å². The molecule has 1 heterocycles. The summed E-state index contributed by atoms with van der Waals surface area (Å²) in [7, 11) is 1.65. The highest BCUT2D eigenvalue weighted by Crippen LogP contribution is 2.35. The largest absolute Gasteiger partial charge is 0.496 e. The molecule has 0 aliphatic heterocycles. The minimum atomic E-state index is 0.481. The Hall–Kier alpha value is -2.10. The summed E-state index contributed by atoms with van der Waals surface area (Å²) < 4.78 is 5.40. The van der Waals surface area contributed by atoms with Gasteiger partial charge in [-0.05, 0) is 31.0 Å². The number of benzene rings is 1. The Balaban J connectivity index is 2.68. The first-order valence-electron chi connectivity index (χ1n) is 5.91. The van der Waals surface area contributed by atoms with Crippen LogP contribution in [0.25, 0.3) is 11.1 Å². The van der Waals surface area contributed by atoms with Crippen LogP contribution in [-0.2, 0) is 6.42 Å². The van der Waals surface area contributed by atoms with Crippen molar-refractivity contribution in [1.29, 1.82) is 0 Å². The summed E-state index contributed by atoms with van der Waals surface area (Å²) in [6.45, 7) is 4.04. The molecule has 0 fully saturated rings. The standard InChI is InChI=1S/C14H17N3O/c1-4-10-5-6-12(18-3)11(7-10)13-9(2)16-8-17-14(13)15/h5-8H,4H2,1-3H3,(H2,15,16,17). The minimum absolute atomic E-state index is 0.481. The smallest absolute Gasteiger partial charge is 0.135 e. The number of nitrogens with two attached hydrogens (primary N) is 1. The zero-order chi connectivity index (χ0) is 13.1. The van der Waals surface area contributed by atoms with E-state index in [1.807, 2.05) is 13.0 Å². The van der Waals surface area contributed by atoms with Gasteiger partial charge in [-0.3, -0.25) is 0 Å². The van der Waals surface area contributed by atoms with Gasteiger partial charge < -0.3 is 10.5 Å². The average Bonchev–Trinajstić information content (AvgIpc) is 2.38. The van der Waals surface area contributed by atoms with Crippen LogP contribution in [0, 0.1) is 6.92 Å². The highest BCUT2D eigenvalue weighted by molar-refractivity contribution is 5.80. The summed E-state index contributed by atoms with van der Waals surface area (Å²) >= 11 is 0. The number of nitrogens with zero attached hydrogens (tertiary/aromatic N) is 2. The Labute approximate surface area is 107 Å². The Morgan fingerprint density at radius 1 is 1.28 bits per heavy atom. The molecule has 2 N–H and O–H groups in total. The van der Waals surface area contributed by atoms with Gasteiger partial charge in [0.25, 0.3) is 0 Å². The number of hydrogen-bond donors (Lipinski definition) is 1. The van der Waals surface area contributed by atoms with Crippen LogP contribution in [-0.4, -0.2) is 17.1 Å². The normalized spacial score (nSPS) is 10.4. The third kappa shape index (κ3) is 2.14. The molecule has 94 valence electrons. The number of aromatic nitrogens is 2. The molecular weight excluding hydrogens is 226 g/mol. The Morgan fingerprint density at radius 2 is 2.06 bits per heavy atom. The first-order valence-corrected chi connectivity index (χ1v) is 5.91. The molecule has 0 aliphatic rings. The van der Waals surface area contributed by atoms with E-state index in [1.165, 1.54) is 11.9 Å². The molecule has 2 aromatic rings. The number of ether oxygens (including phenoxy) is 1. The van der Waals surface area contributed by atoms with E-state index in [9.17, 15) is 0 Å². The fourth-order valence-electron chi connectivity index (χ4n) is 2.00. The molecular formula is C14H17N3O. The van der Waals surface area contributed by atoms with Crippen molar-refractivity contribution < 1.29 is 4.74 Å². The minimum Gasteiger partial charge on any atom is -0.496 e. The van der Waals surface area contributed by atoms with Crippen molar-refractivity contribution in [3.05, 3.63) is 35.8 Å². The number of rotatable bonds is 3. The van der Waals surface area contributed by atoms with E-state index in [1.54, 1.807) is 7.11 Å². The van der Waals surface area contributed by atoms with Crippen LogP contribution in [0.1, 0.15) is 18.2 Å². The zero-order valence-corrected chi connectivity index (χ0v) is 10.9. The van der Waals surface area contributed by atoms with E-state index in [2.05, 4.69) is 29.0 Å². The van der Waals surface area contributed by atoms with Gasteiger partial charge in [0.2, 0.25) is 0 Å². The van der Waals surface area contributed by atoms with Gasteiger partial charge in [0, 0.05) is 11.1 Å². The fourth-order valence-corrected chi connectivity index (χ4v) is 2.00. The lowest BCUT2D eigenvalue weighted by Crippen LogP contribution is -2.00. The second-order valence-corrected chi connectivity index (χ2v) is 4.11. The van der Waals surface area contributed by atoms with E-state index in [0.29, 0.717) is 5.82 Å². The van der Waals surface area contributed by atoms with Gasteiger partial charge in [-0.2, -0.15) is 0 Å². The maximum atomic E-state index is 5.96. The van der Waals surface area contributed by atoms with E-state index in [0.717, 1.165) is 29.0 Å². The monoisotopic (exact) mass is 243 g/mol. The van der Waals surface area contributed by atoms with Gasteiger partial charge in [0.1, 0.15) is 17.9 Å². The fraction of sp³-hybridized carbons (Fsp3) is 0.286. The molecule has 0 saturated carbocycles. The molecule has 0 spiro atoms. The molecule has 0 unspecified atom stereocenters. The highest BCUT2D eigenvalue weighted by Gasteiger charge is 2.13. The maximum Gasteiger partial charge on any atom is 0.135 e. The molecule has 18 heavy (non-hydrogen) atoms. The van der Waals surface area contributed by atoms with Crippen molar-refractivity contribution in [2.75, 3.05) is 12.8 Å². The van der Waals surface area contributed by atoms with Gasteiger partial charge in [0.05, 0.1) is 12.8 Å². The topological polar surface area (TPSA) is 61.0 Å². The van der Waals surface area contributed by atoms with Crippen molar-refractivity contribution in [3.8, 4) is 16.9 Å². The lowest BCUT2D eigenvalue weighted by Gasteiger charge is -2.13. The summed E-state index contributed by atoms with van der Waals surface area (Å²) in [6, 6.07) is 6.10. The van der Waals surface area contributed by atoms with Crippen molar-refractivity contribution in [2.24, 2.45) is 0 Å². The number of aryl methyl sites for hydroxylation is 2. The third-order valence-corrected chi connectivity index (χ3v) is 3.01. The lowest BCUT2D eigenvalue weighted by molar-refractivity contribution is 0.416. The molecule has 2 rings (SSSR count). The average molecular weight is 243 g/mol. The predicted octanol–water partition coefficient (Wildman–Crippen LogP) is 2.61. The van der Waals surface area contributed by atoms with Gasteiger partial charge >= 0.3 is 0 Å². The second kappa shape index (κ2) is 5.04. The van der Waals surface area contributed by atoms with Crippen LogP contribution in [0.15, 0.2) is 24.5 Å². The van der Waals surface area contributed by atoms with Crippen LogP contribution >= 0.6 is 0 Å². The van der Waals surface area contributed by atoms with Crippen LogP contribution in [0.3, 0.4) is 0 Å². The van der Waals surface area contributed by atoms with Gasteiger partial charge in [0.15, 0.2) is 0 Å². The molecule has 0 amide bonds. The second-order valence-electron chi connectivity index (χ2n) is 4.11. The van der Waals surface area contributed by atoms with Gasteiger partial charge in [-0.25, -0.2) is 9.97 Å². The van der Waals surface area contributed by atoms with E-state index >= 15 is 0 Å². The summed E-state index contributed by atoms with van der Waals surface area (Å²) in [5.74, 6) is 1.27. The Bertz CT molecular complexity index is 547. The van der Waals surface area contributed by atoms with Crippen molar-refractivity contribution >= 4 is 5.82 Å². The van der Waals surface area contributed by atoms with E-state index in [4.69, 9.17) is 10.5 Å². The van der Waals surface area contributed by atoms with Crippen molar-refractivity contribution in [3.63, 3.8) is 0 Å². The van der Waals surface area contributed by atoms with Crippen LogP contribution in [0.2, 0.25) is 0 Å². The molecule has 0 atom stereocenters. The number of nitrogen functional groups attached to an aromatic ring is 1. The Kier molecular flexibility index (Phi) is 3.46. The van der Waals surface area contributed by atoms with Crippen molar-refractivity contribution in [2.45, 2.75) is 20.3 Å². The van der Waals surface area contributed by atoms with Gasteiger partial charge in [-0.1, -0.05) is 13.0 Å². The van der Waals surface area contributed by atoms with Crippen molar-refractivity contribution in [1.82, 2.24) is 9.97 Å². The maximum absolute atomic E-state index is 5.96. The molecule has 0 aliphatic carbocycles. The molecule has 1 aromatic heterocycles. The quantitative estimate of drug-likeness (QED) is 0.900. The SMILES string of the molecule is CCc1ccc(OC)c(-c2c(C)ncnc2N)c1. The molecule has 1 aromatic carbocycles. The summed E-state index contributed by atoms with van der Waals surface area (Å²) in [6.07, 6.45) is 2.44.